The van der Waals surface area contributed by atoms with Crippen molar-refractivity contribution in [3.8, 4) is 0 Å². The van der Waals surface area contributed by atoms with Gasteiger partial charge in [0.25, 0.3) is 5.78 Å². The van der Waals surface area contributed by atoms with E-state index in [1.54, 1.807) is 10.6 Å². The molecule has 0 aliphatic heterocycles. The lowest BCUT2D eigenvalue weighted by atomic mass is 10.1. The summed E-state index contributed by atoms with van der Waals surface area (Å²) in [7, 11) is 2.14. The lowest BCUT2D eigenvalue weighted by molar-refractivity contribution is -0.0884. The van der Waals surface area contributed by atoms with Gasteiger partial charge in [-0.15, -0.1) is 0 Å². The van der Waals surface area contributed by atoms with Crippen LogP contribution in [0.3, 0.4) is 0 Å². The van der Waals surface area contributed by atoms with E-state index in [4.69, 9.17) is 0 Å². The van der Waals surface area contributed by atoms with Crippen LogP contribution in [-0.4, -0.2) is 71.1 Å². The summed E-state index contributed by atoms with van der Waals surface area (Å²) < 4.78 is 40.7. The van der Waals surface area contributed by atoms with Gasteiger partial charge in [0.1, 0.15) is 5.65 Å². The summed E-state index contributed by atoms with van der Waals surface area (Å²) in [6.07, 6.45) is 0.780. The van der Waals surface area contributed by atoms with E-state index in [0.717, 1.165) is 52.0 Å². The second-order valence-electron chi connectivity index (χ2n) is 8.62. The number of carbonyl (C=O) groups excluding carboxylic acids is 1. The molecule has 8 heteroatoms. The predicted molar refractivity (Wildman–Crippen MR) is 129 cm³/mol. The fourth-order valence-corrected chi connectivity index (χ4v) is 4.16. The summed E-state index contributed by atoms with van der Waals surface area (Å²) in [6, 6.07) is 13.5. The fraction of sp³-hybridized carbons (Fsp3) is 0.462. The van der Waals surface area contributed by atoms with E-state index in [1.807, 2.05) is 6.07 Å². The molecule has 0 fully saturated rings. The van der Waals surface area contributed by atoms with E-state index in [9.17, 15) is 18.0 Å². The van der Waals surface area contributed by atoms with Crippen LogP contribution in [0, 0.1) is 0 Å². The van der Waals surface area contributed by atoms with Gasteiger partial charge in [-0.2, -0.15) is 13.2 Å². The number of aromatic nitrogens is 2. The lowest BCUT2D eigenvalue weighted by Crippen LogP contribution is -2.30. The number of nitrogens with zero attached hydrogens (tertiary/aromatic N) is 4. The van der Waals surface area contributed by atoms with E-state index in [1.165, 1.54) is 24.0 Å². The van der Waals surface area contributed by atoms with Crippen LogP contribution in [0.25, 0.3) is 11.0 Å². The zero-order valence-electron chi connectivity index (χ0n) is 19.9. The van der Waals surface area contributed by atoms with Crippen LogP contribution in [-0.2, 0) is 13.0 Å². The molecule has 5 nitrogen and oxygen atoms in total. The van der Waals surface area contributed by atoms with Gasteiger partial charge in [0, 0.05) is 30.9 Å². The molecular weight excluding hydrogens is 441 g/mol. The average Bonchev–Trinajstić information content (AvgIpc) is 3.19. The summed E-state index contributed by atoms with van der Waals surface area (Å²) in [6.45, 7) is 7.36. The standard InChI is InChI=1S/C26H33F3N4O/c1-3-32(16-8-15-31(2)19-13-21-10-5-4-6-11-21)17-9-18-33-20-23(24(34)26(27,28)29)22-12-7-14-30-25(22)33/h4-7,10-12,14,20H,3,8-9,13,15-19H2,1-2H3. The van der Waals surface area contributed by atoms with Gasteiger partial charge in [-0.05, 0) is 70.2 Å². The smallest absolute Gasteiger partial charge is 0.332 e. The van der Waals surface area contributed by atoms with Crippen LogP contribution in [0.2, 0.25) is 0 Å². The van der Waals surface area contributed by atoms with E-state index >= 15 is 0 Å². The molecule has 0 N–H and O–H groups in total. The Morgan fingerprint density at radius 2 is 1.74 bits per heavy atom. The molecule has 0 spiro atoms. The van der Waals surface area contributed by atoms with Gasteiger partial charge in [0.05, 0.1) is 5.56 Å². The van der Waals surface area contributed by atoms with Crippen LogP contribution < -0.4 is 0 Å². The number of ketones is 1. The first-order valence-corrected chi connectivity index (χ1v) is 11.8. The van der Waals surface area contributed by atoms with Gasteiger partial charge in [0.15, 0.2) is 0 Å². The number of pyridine rings is 1. The molecule has 3 aromatic rings. The first kappa shape index (κ1) is 25.9. The minimum absolute atomic E-state index is 0.246. The van der Waals surface area contributed by atoms with Crippen LogP contribution in [0.5, 0.6) is 0 Å². The van der Waals surface area contributed by atoms with E-state index in [0.29, 0.717) is 12.2 Å². The Kier molecular flexibility index (Phi) is 9.24. The highest BCUT2D eigenvalue weighted by atomic mass is 19.4. The number of rotatable bonds is 13. The number of likely N-dealkylation sites (N-methyl/N-ethyl adjacent to an activating group) is 1. The van der Waals surface area contributed by atoms with E-state index in [2.05, 4.69) is 53.0 Å². The molecule has 0 bridgehead atoms. The highest BCUT2D eigenvalue weighted by Gasteiger charge is 2.40. The normalized spacial score (nSPS) is 12.2. The van der Waals surface area contributed by atoms with Crippen molar-refractivity contribution in [2.24, 2.45) is 0 Å². The summed E-state index contributed by atoms with van der Waals surface area (Å²) >= 11 is 0. The third-order valence-corrected chi connectivity index (χ3v) is 6.10. The molecule has 1 aromatic carbocycles. The summed E-state index contributed by atoms with van der Waals surface area (Å²) in [5.41, 5.74) is 1.43. The van der Waals surface area contributed by atoms with Crippen molar-refractivity contribution in [3.05, 3.63) is 66.0 Å². The Morgan fingerprint density at radius 1 is 1.00 bits per heavy atom. The number of aryl methyl sites for hydroxylation is 1. The number of benzene rings is 1. The van der Waals surface area contributed by atoms with Crippen molar-refractivity contribution in [2.45, 2.75) is 38.9 Å². The maximum Gasteiger partial charge on any atom is 0.454 e. The summed E-state index contributed by atoms with van der Waals surface area (Å²) in [5.74, 6) is -1.82. The number of hydrogen-bond donors (Lipinski definition) is 0. The maximum atomic E-state index is 13.0. The Balaban J connectivity index is 1.47. The van der Waals surface area contributed by atoms with Crippen LogP contribution in [0.1, 0.15) is 35.7 Å². The Morgan fingerprint density at radius 3 is 2.44 bits per heavy atom. The average molecular weight is 475 g/mol. The molecule has 0 saturated heterocycles. The van der Waals surface area contributed by atoms with Crippen molar-refractivity contribution >= 4 is 16.8 Å². The number of fused-ring (bicyclic) bond motifs is 1. The fourth-order valence-electron chi connectivity index (χ4n) is 4.16. The highest BCUT2D eigenvalue weighted by molar-refractivity contribution is 6.10. The number of alkyl halides is 3. The van der Waals surface area contributed by atoms with E-state index < -0.39 is 12.0 Å². The number of Topliss-reactive ketones (excluding diaryl/α,β-unsaturated/α-hetero) is 1. The van der Waals surface area contributed by atoms with Crippen LogP contribution in [0.4, 0.5) is 13.2 Å². The predicted octanol–water partition coefficient (Wildman–Crippen LogP) is 5.06. The molecule has 0 saturated carbocycles. The second kappa shape index (κ2) is 12.1. The minimum atomic E-state index is -4.90. The largest absolute Gasteiger partial charge is 0.454 e. The Labute approximate surface area is 199 Å². The number of hydrogen-bond acceptors (Lipinski definition) is 4. The second-order valence-corrected chi connectivity index (χ2v) is 8.62. The third kappa shape index (κ3) is 7.14. The van der Waals surface area contributed by atoms with Crippen molar-refractivity contribution in [2.75, 3.05) is 39.8 Å². The Bertz CT molecular complexity index is 1050. The monoisotopic (exact) mass is 474 g/mol. The third-order valence-electron chi connectivity index (χ3n) is 6.10. The highest BCUT2D eigenvalue weighted by Crippen LogP contribution is 2.27. The number of carbonyl (C=O) groups is 1. The van der Waals surface area contributed by atoms with Crippen molar-refractivity contribution < 1.29 is 18.0 Å². The number of halogens is 3. The van der Waals surface area contributed by atoms with Crippen molar-refractivity contribution in [3.63, 3.8) is 0 Å². The van der Waals surface area contributed by atoms with Gasteiger partial charge in [0.2, 0.25) is 0 Å². The molecule has 0 radical (unpaired) electrons. The first-order chi connectivity index (χ1) is 16.3. The Hall–Kier alpha value is -2.71. The topological polar surface area (TPSA) is 41.4 Å². The molecule has 2 heterocycles. The molecule has 0 atom stereocenters. The molecule has 3 rings (SSSR count). The molecule has 0 aliphatic rings. The lowest BCUT2D eigenvalue weighted by Gasteiger charge is -2.23. The van der Waals surface area contributed by atoms with Gasteiger partial charge in [-0.25, -0.2) is 4.98 Å². The maximum absolute atomic E-state index is 13.0. The summed E-state index contributed by atoms with van der Waals surface area (Å²) in [5, 5.41) is 0.246. The molecule has 2 aromatic heterocycles. The van der Waals surface area contributed by atoms with Crippen LogP contribution >= 0.6 is 0 Å². The van der Waals surface area contributed by atoms with Gasteiger partial charge >= 0.3 is 6.18 Å². The SMILES string of the molecule is CCN(CCCN(C)CCc1ccccc1)CCCn1cc(C(=O)C(F)(F)F)c2cccnc21. The van der Waals surface area contributed by atoms with Gasteiger partial charge in [-0.1, -0.05) is 37.3 Å². The van der Waals surface area contributed by atoms with Crippen molar-refractivity contribution in [1.82, 2.24) is 19.4 Å². The van der Waals surface area contributed by atoms with Gasteiger partial charge < -0.3 is 14.4 Å². The summed E-state index contributed by atoms with van der Waals surface area (Å²) in [4.78, 5) is 20.8. The molecule has 34 heavy (non-hydrogen) atoms. The minimum Gasteiger partial charge on any atom is -0.332 e. The quantitative estimate of drug-likeness (QED) is 0.325. The molecule has 0 unspecified atom stereocenters. The molecular formula is C26H33F3N4O. The van der Waals surface area contributed by atoms with Gasteiger partial charge in [-0.3, -0.25) is 4.79 Å². The van der Waals surface area contributed by atoms with Crippen molar-refractivity contribution in [1.29, 1.82) is 0 Å². The first-order valence-electron chi connectivity index (χ1n) is 11.8. The molecule has 184 valence electrons. The zero-order chi connectivity index (χ0) is 24.6. The molecule has 0 amide bonds. The van der Waals surface area contributed by atoms with Crippen LogP contribution in [0.15, 0.2) is 54.9 Å². The van der Waals surface area contributed by atoms with E-state index in [-0.39, 0.29) is 10.9 Å². The molecule has 0 aliphatic carbocycles. The zero-order valence-corrected chi connectivity index (χ0v) is 19.9.